The second-order valence-electron chi connectivity index (χ2n) is 8.77. The Morgan fingerprint density at radius 2 is 1.56 bits per heavy atom. The zero-order valence-corrected chi connectivity index (χ0v) is 21.6. The van der Waals surface area contributed by atoms with Crippen LogP contribution in [-0.2, 0) is 30.8 Å². The van der Waals surface area contributed by atoms with Crippen LogP contribution in [0.1, 0.15) is 32.7 Å². The van der Waals surface area contributed by atoms with Crippen molar-refractivity contribution in [1.82, 2.24) is 4.90 Å². The largest absolute Gasteiger partial charge is 0.465 e. The van der Waals surface area contributed by atoms with E-state index >= 15 is 0 Å². The van der Waals surface area contributed by atoms with Crippen molar-refractivity contribution in [3.05, 3.63) is 95.3 Å². The molecule has 3 aromatic rings. The molecule has 10 nitrogen and oxygen atoms in total. The fourth-order valence-electron chi connectivity index (χ4n) is 4.25. The molecule has 4 rings (SSSR count). The second kappa shape index (κ2) is 11.1. The Morgan fingerprint density at radius 3 is 2.13 bits per heavy atom. The molecule has 202 valence electrons. The van der Waals surface area contributed by atoms with Gasteiger partial charge in [0.05, 0.1) is 29.7 Å². The van der Waals surface area contributed by atoms with Crippen molar-refractivity contribution in [2.24, 2.45) is 5.14 Å². The number of primary sulfonamides is 1. The molecule has 2 N–H and O–H groups in total. The first-order valence-corrected chi connectivity index (χ1v) is 13.3. The SMILES string of the molecule is COC(=O)c1ccc(N2C(=O)CC(N(CCc3ccc(S(N)(=O)=O)cc3)C(=O)c3ccc(F)cc3)C2=O)cc1. The van der Waals surface area contributed by atoms with Gasteiger partial charge in [0.2, 0.25) is 15.9 Å². The number of ether oxygens (including phenoxy) is 1. The minimum Gasteiger partial charge on any atom is -0.465 e. The lowest BCUT2D eigenvalue weighted by molar-refractivity contribution is -0.122. The molecule has 1 aliphatic heterocycles. The highest BCUT2D eigenvalue weighted by atomic mass is 32.2. The molecule has 3 aromatic carbocycles. The maximum atomic E-state index is 13.5. The summed E-state index contributed by atoms with van der Waals surface area (Å²) in [5.41, 5.74) is 1.25. The highest BCUT2D eigenvalue weighted by Gasteiger charge is 2.44. The Labute approximate surface area is 223 Å². The van der Waals surface area contributed by atoms with Gasteiger partial charge in [0.15, 0.2) is 0 Å². The number of benzene rings is 3. The Bertz CT molecular complexity index is 1520. The number of imide groups is 1. The van der Waals surface area contributed by atoms with E-state index in [4.69, 9.17) is 5.14 Å². The molecule has 0 bridgehead atoms. The Balaban J connectivity index is 1.61. The third-order valence-corrected chi connectivity index (χ3v) is 7.22. The summed E-state index contributed by atoms with van der Waals surface area (Å²) in [6.07, 6.45) is -0.0570. The highest BCUT2D eigenvalue weighted by Crippen LogP contribution is 2.27. The number of methoxy groups -OCH3 is 1. The van der Waals surface area contributed by atoms with Gasteiger partial charge in [-0.15, -0.1) is 0 Å². The van der Waals surface area contributed by atoms with Crippen LogP contribution in [0.15, 0.2) is 77.7 Å². The Morgan fingerprint density at radius 1 is 0.974 bits per heavy atom. The smallest absolute Gasteiger partial charge is 0.337 e. The molecule has 1 saturated heterocycles. The van der Waals surface area contributed by atoms with E-state index in [1.807, 2.05) is 0 Å². The summed E-state index contributed by atoms with van der Waals surface area (Å²) < 4.78 is 41.2. The number of carbonyl (C=O) groups is 4. The molecule has 0 aromatic heterocycles. The molecule has 12 heteroatoms. The lowest BCUT2D eigenvalue weighted by atomic mass is 10.1. The first-order valence-electron chi connectivity index (χ1n) is 11.7. The molecule has 3 amide bonds. The van der Waals surface area contributed by atoms with Crippen LogP contribution in [0.2, 0.25) is 0 Å². The lowest BCUT2D eigenvalue weighted by Crippen LogP contribution is -2.46. The summed E-state index contributed by atoms with van der Waals surface area (Å²) >= 11 is 0. The maximum Gasteiger partial charge on any atom is 0.337 e. The molecule has 1 fully saturated rings. The number of hydrogen-bond acceptors (Lipinski definition) is 7. The molecule has 0 spiro atoms. The van der Waals surface area contributed by atoms with Crippen LogP contribution in [0, 0.1) is 5.82 Å². The normalized spacial score (nSPS) is 15.4. The van der Waals surface area contributed by atoms with Gasteiger partial charge in [-0.1, -0.05) is 12.1 Å². The third kappa shape index (κ3) is 6.02. The summed E-state index contributed by atoms with van der Waals surface area (Å²) in [5, 5.41) is 5.14. The van der Waals surface area contributed by atoms with E-state index in [0.29, 0.717) is 5.56 Å². The molecule has 39 heavy (non-hydrogen) atoms. The van der Waals surface area contributed by atoms with Gasteiger partial charge in [-0.3, -0.25) is 14.4 Å². The quantitative estimate of drug-likeness (QED) is 0.333. The first kappa shape index (κ1) is 27.6. The lowest BCUT2D eigenvalue weighted by Gasteiger charge is -2.28. The Kier molecular flexibility index (Phi) is 7.88. The van der Waals surface area contributed by atoms with Crippen LogP contribution < -0.4 is 10.0 Å². The first-order chi connectivity index (χ1) is 18.5. The van der Waals surface area contributed by atoms with E-state index < -0.39 is 45.6 Å². The standard InChI is InChI=1S/C27H24FN3O7S/c1-38-27(35)19-6-10-21(11-7-19)31-24(32)16-23(26(31)34)30(25(33)18-4-8-20(28)9-5-18)15-14-17-2-12-22(13-3-17)39(29,36)37/h2-13,23H,14-16H2,1H3,(H2,29,36,37). The fourth-order valence-corrected chi connectivity index (χ4v) is 4.76. The summed E-state index contributed by atoms with van der Waals surface area (Å²) in [5.74, 6) is -2.87. The highest BCUT2D eigenvalue weighted by molar-refractivity contribution is 7.89. The van der Waals surface area contributed by atoms with Crippen molar-refractivity contribution in [1.29, 1.82) is 0 Å². The van der Waals surface area contributed by atoms with Gasteiger partial charge in [-0.25, -0.2) is 27.6 Å². The number of esters is 1. The predicted molar refractivity (Wildman–Crippen MR) is 138 cm³/mol. The maximum absolute atomic E-state index is 13.5. The summed E-state index contributed by atoms with van der Waals surface area (Å²) in [4.78, 5) is 53.7. The monoisotopic (exact) mass is 553 g/mol. The van der Waals surface area contributed by atoms with Gasteiger partial charge < -0.3 is 9.64 Å². The van der Waals surface area contributed by atoms with Crippen LogP contribution in [0.4, 0.5) is 10.1 Å². The van der Waals surface area contributed by atoms with Crippen molar-refractivity contribution in [2.75, 3.05) is 18.6 Å². The zero-order valence-electron chi connectivity index (χ0n) is 20.7. The molecule has 1 unspecified atom stereocenters. The minimum absolute atomic E-state index is 0.00371. The molecular formula is C27H24FN3O7S. The number of nitrogens with two attached hydrogens (primary N) is 1. The molecule has 0 radical (unpaired) electrons. The molecule has 1 heterocycles. The van der Waals surface area contributed by atoms with Crippen molar-refractivity contribution in [2.45, 2.75) is 23.8 Å². The van der Waals surface area contributed by atoms with Crippen LogP contribution >= 0.6 is 0 Å². The van der Waals surface area contributed by atoms with Crippen LogP contribution in [-0.4, -0.2) is 56.7 Å². The van der Waals surface area contributed by atoms with Gasteiger partial charge >= 0.3 is 5.97 Å². The van der Waals surface area contributed by atoms with Gasteiger partial charge in [0.1, 0.15) is 11.9 Å². The molecule has 1 atom stereocenters. The van der Waals surface area contributed by atoms with E-state index in [0.717, 1.165) is 17.0 Å². The second-order valence-corrected chi connectivity index (χ2v) is 10.3. The number of hydrogen-bond donors (Lipinski definition) is 1. The minimum atomic E-state index is -3.88. The van der Waals surface area contributed by atoms with Crippen molar-refractivity contribution < 1.29 is 36.7 Å². The van der Waals surface area contributed by atoms with E-state index in [1.54, 1.807) is 0 Å². The van der Waals surface area contributed by atoms with Gasteiger partial charge in [0.25, 0.3) is 11.8 Å². The van der Waals surface area contributed by atoms with Crippen molar-refractivity contribution in [3.8, 4) is 0 Å². The number of anilines is 1. The van der Waals surface area contributed by atoms with Gasteiger partial charge in [-0.05, 0) is 72.6 Å². The number of halogens is 1. The summed E-state index contributed by atoms with van der Waals surface area (Å²) in [6.45, 7) is 0.00371. The van der Waals surface area contributed by atoms with Crippen LogP contribution in [0.25, 0.3) is 0 Å². The molecule has 0 saturated carbocycles. The fraction of sp³-hybridized carbons (Fsp3) is 0.185. The number of rotatable bonds is 8. The average Bonchev–Trinajstić information content (AvgIpc) is 3.21. The van der Waals surface area contributed by atoms with E-state index in [9.17, 15) is 32.0 Å². The number of nitrogens with zero attached hydrogens (tertiary/aromatic N) is 2. The van der Waals surface area contributed by atoms with E-state index in [1.165, 1.54) is 72.7 Å². The topological polar surface area (TPSA) is 144 Å². The number of sulfonamides is 1. The number of amides is 3. The van der Waals surface area contributed by atoms with E-state index in [2.05, 4.69) is 4.74 Å². The zero-order chi connectivity index (χ0) is 28.3. The van der Waals surface area contributed by atoms with Gasteiger partial charge in [0, 0.05) is 12.1 Å². The molecule has 1 aliphatic rings. The number of carbonyl (C=O) groups excluding carboxylic acids is 4. The average molecular weight is 554 g/mol. The Hall–Kier alpha value is -4.42. The predicted octanol–water partition coefficient (Wildman–Crippen LogP) is 2.28. The van der Waals surface area contributed by atoms with Crippen LogP contribution in [0.3, 0.4) is 0 Å². The van der Waals surface area contributed by atoms with Crippen molar-refractivity contribution >= 4 is 39.4 Å². The molecular weight excluding hydrogens is 529 g/mol. The summed E-state index contributed by atoms with van der Waals surface area (Å²) in [7, 11) is -2.65. The van der Waals surface area contributed by atoms with E-state index in [-0.39, 0.29) is 41.1 Å². The van der Waals surface area contributed by atoms with Crippen LogP contribution in [0.5, 0.6) is 0 Å². The third-order valence-electron chi connectivity index (χ3n) is 6.29. The van der Waals surface area contributed by atoms with Crippen molar-refractivity contribution in [3.63, 3.8) is 0 Å². The molecule has 0 aliphatic carbocycles. The van der Waals surface area contributed by atoms with Gasteiger partial charge in [-0.2, -0.15) is 0 Å². The summed E-state index contributed by atoms with van der Waals surface area (Å²) in [6, 6.07) is 15.1.